The minimum atomic E-state index is -2.76. The highest BCUT2D eigenvalue weighted by atomic mass is 19.3. The molecule has 0 saturated carbocycles. The average molecular weight is 349 g/mol. The fourth-order valence-corrected chi connectivity index (χ4v) is 3.02. The fraction of sp³-hybridized carbons (Fsp3) is 0.444. The molecule has 1 aromatic carbocycles. The topological polar surface area (TPSA) is 56.2 Å². The van der Waals surface area contributed by atoms with Gasteiger partial charge in [0.15, 0.2) is 0 Å². The SMILES string of the molecule is CC(C)Cn1ncc(C(=O)N[C@H]2CCOc3ccccc32)c1C(F)F. The zero-order valence-corrected chi connectivity index (χ0v) is 14.2. The van der Waals surface area contributed by atoms with Crippen molar-refractivity contribution in [2.45, 2.75) is 39.3 Å². The number of para-hydroxylation sites is 1. The molecule has 5 nitrogen and oxygen atoms in total. The minimum absolute atomic E-state index is 0.0698. The van der Waals surface area contributed by atoms with Crippen LogP contribution in [0.1, 0.15) is 54.4 Å². The molecule has 0 fully saturated rings. The van der Waals surface area contributed by atoms with Gasteiger partial charge in [-0.3, -0.25) is 9.48 Å². The Morgan fingerprint density at radius 3 is 2.88 bits per heavy atom. The summed E-state index contributed by atoms with van der Waals surface area (Å²) in [6.45, 7) is 4.63. The van der Waals surface area contributed by atoms with Crippen LogP contribution in [0, 0.1) is 5.92 Å². The second-order valence-electron chi connectivity index (χ2n) is 6.52. The number of carbonyl (C=O) groups excluding carboxylic acids is 1. The van der Waals surface area contributed by atoms with Gasteiger partial charge < -0.3 is 10.1 Å². The maximum absolute atomic E-state index is 13.5. The van der Waals surface area contributed by atoms with E-state index in [-0.39, 0.29) is 23.2 Å². The maximum atomic E-state index is 13.5. The number of alkyl halides is 2. The predicted octanol–water partition coefficient (Wildman–Crippen LogP) is 3.73. The van der Waals surface area contributed by atoms with Crippen LogP contribution in [0.3, 0.4) is 0 Å². The minimum Gasteiger partial charge on any atom is -0.493 e. The molecule has 0 radical (unpaired) electrons. The van der Waals surface area contributed by atoms with Gasteiger partial charge in [-0.1, -0.05) is 32.0 Å². The van der Waals surface area contributed by atoms with Crippen LogP contribution in [0.4, 0.5) is 8.78 Å². The number of amides is 1. The number of fused-ring (bicyclic) bond motifs is 1. The van der Waals surface area contributed by atoms with Crippen molar-refractivity contribution in [3.8, 4) is 5.75 Å². The molecule has 1 aromatic heterocycles. The quantitative estimate of drug-likeness (QED) is 0.895. The summed E-state index contributed by atoms with van der Waals surface area (Å²) in [5.74, 6) is 0.325. The highest BCUT2D eigenvalue weighted by Gasteiger charge is 2.28. The van der Waals surface area contributed by atoms with Crippen molar-refractivity contribution in [2.24, 2.45) is 5.92 Å². The van der Waals surface area contributed by atoms with Crippen molar-refractivity contribution >= 4 is 5.91 Å². The molecule has 134 valence electrons. The Hall–Kier alpha value is -2.44. The molecule has 0 aliphatic carbocycles. The number of hydrogen-bond donors (Lipinski definition) is 1. The van der Waals surface area contributed by atoms with Gasteiger partial charge in [-0.15, -0.1) is 0 Å². The first-order valence-corrected chi connectivity index (χ1v) is 8.33. The van der Waals surface area contributed by atoms with Crippen LogP contribution in [0.5, 0.6) is 5.75 Å². The van der Waals surface area contributed by atoms with Crippen LogP contribution >= 0.6 is 0 Å². The molecule has 1 aliphatic heterocycles. The van der Waals surface area contributed by atoms with Gasteiger partial charge in [0.25, 0.3) is 12.3 Å². The van der Waals surface area contributed by atoms with Gasteiger partial charge in [0, 0.05) is 18.5 Å². The monoisotopic (exact) mass is 349 g/mol. The highest BCUT2D eigenvalue weighted by Crippen LogP contribution is 2.32. The zero-order chi connectivity index (χ0) is 18.0. The number of hydrogen-bond acceptors (Lipinski definition) is 3. The van der Waals surface area contributed by atoms with E-state index >= 15 is 0 Å². The lowest BCUT2D eigenvalue weighted by Gasteiger charge is -2.26. The molecule has 0 unspecified atom stereocenters. The van der Waals surface area contributed by atoms with Gasteiger partial charge in [-0.2, -0.15) is 5.10 Å². The van der Waals surface area contributed by atoms with Crippen molar-refractivity contribution in [3.63, 3.8) is 0 Å². The maximum Gasteiger partial charge on any atom is 0.280 e. The summed E-state index contributed by atoms with van der Waals surface area (Å²) in [6.07, 6.45) is -0.943. The van der Waals surface area contributed by atoms with Crippen molar-refractivity contribution in [1.29, 1.82) is 0 Å². The highest BCUT2D eigenvalue weighted by molar-refractivity contribution is 5.95. The molecule has 1 amide bonds. The van der Waals surface area contributed by atoms with E-state index in [0.29, 0.717) is 25.3 Å². The molecule has 0 spiro atoms. The fourth-order valence-electron chi connectivity index (χ4n) is 3.02. The molecular formula is C18H21F2N3O2. The number of carbonyl (C=O) groups is 1. The van der Waals surface area contributed by atoms with Crippen LogP contribution in [-0.4, -0.2) is 22.3 Å². The van der Waals surface area contributed by atoms with Crippen LogP contribution in [0.15, 0.2) is 30.5 Å². The lowest BCUT2D eigenvalue weighted by Crippen LogP contribution is -2.32. The molecule has 0 bridgehead atoms. The van der Waals surface area contributed by atoms with Crippen molar-refractivity contribution in [3.05, 3.63) is 47.3 Å². The molecule has 1 N–H and O–H groups in total. The Morgan fingerprint density at radius 1 is 1.40 bits per heavy atom. The number of nitrogens with one attached hydrogen (secondary N) is 1. The van der Waals surface area contributed by atoms with E-state index in [4.69, 9.17) is 4.74 Å². The average Bonchev–Trinajstić information content (AvgIpc) is 2.98. The van der Waals surface area contributed by atoms with E-state index in [1.165, 1.54) is 10.9 Å². The second-order valence-corrected chi connectivity index (χ2v) is 6.52. The first-order valence-electron chi connectivity index (χ1n) is 8.33. The van der Waals surface area contributed by atoms with Crippen LogP contribution in [0.2, 0.25) is 0 Å². The molecule has 1 aliphatic rings. The number of benzene rings is 1. The third-order valence-electron chi connectivity index (χ3n) is 4.13. The summed E-state index contributed by atoms with van der Waals surface area (Å²) in [5.41, 5.74) is 0.460. The normalized spacial score (nSPS) is 16.6. The van der Waals surface area contributed by atoms with Gasteiger partial charge >= 0.3 is 0 Å². The summed E-state index contributed by atoms with van der Waals surface area (Å²) in [7, 11) is 0. The van der Waals surface area contributed by atoms with Gasteiger partial charge in [0.2, 0.25) is 0 Å². The van der Waals surface area contributed by atoms with E-state index in [2.05, 4.69) is 10.4 Å². The summed E-state index contributed by atoms with van der Waals surface area (Å²) < 4.78 is 33.8. The number of halogens is 2. The predicted molar refractivity (Wildman–Crippen MR) is 88.8 cm³/mol. The van der Waals surface area contributed by atoms with E-state index in [9.17, 15) is 13.6 Å². The van der Waals surface area contributed by atoms with Crippen LogP contribution < -0.4 is 10.1 Å². The van der Waals surface area contributed by atoms with Gasteiger partial charge in [0.1, 0.15) is 11.4 Å². The Kier molecular flexibility index (Phi) is 5.01. The first-order chi connectivity index (χ1) is 12.0. The van der Waals surface area contributed by atoms with Crippen molar-refractivity contribution in [2.75, 3.05) is 6.61 Å². The Labute approximate surface area is 145 Å². The molecular weight excluding hydrogens is 328 g/mol. The van der Waals surface area contributed by atoms with Gasteiger partial charge in [0.05, 0.1) is 24.4 Å². The van der Waals surface area contributed by atoms with Crippen LogP contribution in [-0.2, 0) is 6.54 Å². The summed E-state index contributed by atoms with van der Waals surface area (Å²) in [4.78, 5) is 12.6. The Morgan fingerprint density at radius 2 is 2.16 bits per heavy atom. The largest absolute Gasteiger partial charge is 0.493 e. The summed E-state index contributed by atoms with van der Waals surface area (Å²) in [6, 6.07) is 7.15. The Balaban J connectivity index is 1.84. The molecule has 1 atom stereocenters. The summed E-state index contributed by atoms with van der Waals surface area (Å²) in [5, 5.41) is 6.83. The lowest BCUT2D eigenvalue weighted by molar-refractivity contribution is 0.0907. The molecule has 2 aromatic rings. The van der Waals surface area contributed by atoms with Crippen molar-refractivity contribution in [1.82, 2.24) is 15.1 Å². The zero-order valence-electron chi connectivity index (χ0n) is 14.2. The van der Waals surface area contributed by atoms with E-state index < -0.39 is 12.3 Å². The summed E-state index contributed by atoms with van der Waals surface area (Å²) >= 11 is 0. The first kappa shape index (κ1) is 17.4. The molecule has 2 heterocycles. The van der Waals surface area contributed by atoms with Crippen LogP contribution in [0.25, 0.3) is 0 Å². The third-order valence-corrected chi connectivity index (χ3v) is 4.13. The number of aromatic nitrogens is 2. The lowest BCUT2D eigenvalue weighted by atomic mass is 10.00. The molecule has 3 rings (SSSR count). The third kappa shape index (κ3) is 3.65. The van der Waals surface area contributed by atoms with Gasteiger partial charge in [-0.05, 0) is 12.0 Å². The molecule has 0 saturated heterocycles. The standard InChI is InChI=1S/C18H21F2N3O2/c1-11(2)10-23-16(17(19)20)13(9-21-23)18(24)22-14-7-8-25-15-6-4-3-5-12(14)15/h3-6,9,11,14,17H,7-8,10H2,1-2H3,(H,22,24)/t14-/m0/s1. The van der Waals surface area contributed by atoms with E-state index in [0.717, 1.165) is 5.56 Å². The Bertz CT molecular complexity index is 759. The number of ether oxygens (including phenoxy) is 1. The van der Waals surface area contributed by atoms with Gasteiger partial charge in [-0.25, -0.2) is 8.78 Å². The number of rotatable bonds is 5. The second kappa shape index (κ2) is 7.21. The number of nitrogens with zero attached hydrogens (tertiary/aromatic N) is 2. The molecule has 25 heavy (non-hydrogen) atoms. The molecule has 7 heteroatoms. The van der Waals surface area contributed by atoms with Crippen molar-refractivity contribution < 1.29 is 18.3 Å². The smallest absolute Gasteiger partial charge is 0.280 e. The van der Waals surface area contributed by atoms with E-state index in [1.807, 2.05) is 38.1 Å². The van der Waals surface area contributed by atoms with E-state index in [1.54, 1.807) is 0 Å².